The Bertz CT molecular complexity index is 393. The number of rotatable bonds is 4. The van der Waals surface area contributed by atoms with Gasteiger partial charge in [0.1, 0.15) is 6.10 Å². The minimum absolute atomic E-state index is 0. The number of carbonyl (C=O) groups excluding carboxylic acids is 1. The number of nitrogens with zero attached hydrogens (tertiary/aromatic N) is 3. The number of nitrogens with two attached hydrogens (primary N) is 1. The van der Waals surface area contributed by atoms with Crippen molar-refractivity contribution in [3.05, 3.63) is 5.82 Å². The van der Waals surface area contributed by atoms with E-state index in [1.54, 1.807) is 13.8 Å². The molecular formula is C7H10Cl2N4O2S. The van der Waals surface area contributed by atoms with Crippen LogP contribution in [0.5, 0.6) is 0 Å². The summed E-state index contributed by atoms with van der Waals surface area (Å²) in [6.45, 7) is 3.53. The van der Waals surface area contributed by atoms with E-state index in [0.717, 1.165) is 11.5 Å². The van der Waals surface area contributed by atoms with Crippen molar-refractivity contribution in [2.75, 3.05) is 5.73 Å². The number of halogens is 2. The summed E-state index contributed by atoms with van der Waals surface area (Å²) in [7, 11) is 0. The lowest BCUT2D eigenvalue weighted by Crippen LogP contribution is -2.13. The first-order valence-corrected chi connectivity index (χ1v) is 5.19. The molecule has 2 N–H and O–H groups in total. The van der Waals surface area contributed by atoms with Crippen LogP contribution in [-0.4, -0.2) is 26.4 Å². The topological polar surface area (TPSA) is 90.5 Å². The minimum Gasteiger partial charge on any atom is -0.392 e. The molecule has 6 nitrogen and oxygen atoms in total. The number of nitrogen functional groups attached to an aromatic ring is 1. The maximum absolute atomic E-state index is 11.0. The Morgan fingerprint density at radius 3 is 2.62 bits per heavy atom. The van der Waals surface area contributed by atoms with Gasteiger partial charge >= 0.3 is 0 Å². The molecule has 0 radical (unpaired) electrons. The minimum atomic E-state index is -0.784. The van der Waals surface area contributed by atoms with Crippen LogP contribution in [0.3, 0.4) is 0 Å². The Kier molecular flexibility index (Phi) is 6.24. The van der Waals surface area contributed by atoms with Crippen LogP contribution in [0.1, 0.15) is 19.7 Å². The molecule has 0 atom stereocenters. The molecule has 0 aliphatic heterocycles. The van der Waals surface area contributed by atoms with Crippen molar-refractivity contribution >= 4 is 51.6 Å². The van der Waals surface area contributed by atoms with Gasteiger partial charge in [0.15, 0.2) is 5.13 Å². The monoisotopic (exact) mass is 284 g/mol. The van der Waals surface area contributed by atoms with Gasteiger partial charge in [-0.05, 0) is 25.4 Å². The molecule has 1 aromatic rings. The van der Waals surface area contributed by atoms with E-state index in [1.807, 2.05) is 0 Å². The summed E-state index contributed by atoms with van der Waals surface area (Å²) in [5.74, 6) is 0.0816. The highest BCUT2D eigenvalue weighted by atomic mass is 35.5. The SMILES string of the molecule is CC(C)ON=C(C(=O)Cl)c1nsc(N)n1.Cl. The van der Waals surface area contributed by atoms with Gasteiger partial charge < -0.3 is 10.6 Å². The van der Waals surface area contributed by atoms with Crippen LogP contribution in [0.15, 0.2) is 5.16 Å². The molecular weight excluding hydrogens is 275 g/mol. The smallest absolute Gasteiger partial charge is 0.278 e. The lowest BCUT2D eigenvalue weighted by atomic mass is 10.4. The Balaban J connectivity index is 0.00000225. The molecule has 0 aromatic carbocycles. The summed E-state index contributed by atoms with van der Waals surface area (Å²) >= 11 is 6.26. The molecule has 9 heteroatoms. The Morgan fingerprint density at radius 2 is 2.25 bits per heavy atom. The third-order valence-corrected chi connectivity index (χ3v) is 1.92. The highest BCUT2D eigenvalue weighted by Gasteiger charge is 2.18. The first-order valence-electron chi connectivity index (χ1n) is 4.04. The fourth-order valence-electron chi connectivity index (χ4n) is 0.654. The summed E-state index contributed by atoms with van der Waals surface area (Å²) in [5.41, 5.74) is 5.23. The van der Waals surface area contributed by atoms with Gasteiger partial charge in [-0.2, -0.15) is 9.36 Å². The molecule has 0 aliphatic rings. The average molecular weight is 285 g/mol. The summed E-state index contributed by atoms with van der Waals surface area (Å²) in [6.07, 6.45) is -0.160. The van der Waals surface area contributed by atoms with Crippen LogP contribution in [0.25, 0.3) is 0 Å². The summed E-state index contributed by atoms with van der Waals surface area (Å²) in [6, 6.07) is 0. The van der Waals surface area contributed by atoms with Gasteiger partial charge in [0.05, 0.1) is 0 Å². The summed E-state index contributed by atoms with van der Waals surface area (Å²) in [5, 5.41) is 3.02. The number of carbonyl (C=O) groups is 1. The first kappa shape index (κ1) is 15.1. The van der Waals surface area contributed by atoms with Crippen molar-refractivity contribution in [2.24, 2.45) is 5.16 Å². The average Bonchev–Trinajstić information content (AvgIpc) is 2.51. The van der Waals surface area contributed by atoms with Crippen molar-refractivity contribution in [2.45, 2.75) is 20.0 Å². The van der Waals surface area contributed by atoms with Crippen LogP contribution < -0.4 is 5.73 Å². The normalized spacial score (nSPS) is 11.1. The van der Waals surface area contributed by atoms with E-state index in [4.69, 9.17) is 22.2 Å². The van der Waals surface area contributed by atoms with E-state index >= 15 is 0 Å². The van der Waals surface area contributed by atoms with Crippen LogP contribution in [0, 0.1) is 0 Å². The first-order chi connectivity index (χ1) is 7.00. The van der Waals surface area contributed by atoms with Crippen molar-refractivity contribution in [3.63, 3.8) is 0 Å². The van der Waals surface area contributed by atoms with Gasteiger partial charge in [0.25, 0.3) is 5.24 Å². The fourth-order valence-corrected chi connectivity index (χ4v) is 1.21. The maximum Gasteiger partial charge on any atom is 0.278 e. The largest absolute Gasteiger partial charge is 0.392 e. The third kappa shape index (κ3) is 4.30. The maximum atomic E-state index is 11.0. The van der Waals surface area contributed by atoms with Gasteiger partial charge in [0, 0.05) is 11.5 Å². The van der Waals surface area contributed by atoms with Crippen LogP contribution in [-0.2, 0) is 9.63 Å². The zero-order valence-corrected chi connectivity index (χ0v) is 10.9. The van der Waals surface area contributed by atoms with E-state index in [9.17, 15) is 4.79 Å². The molecule has 0 saturated heterocycles. The molecule has 0 amide bonds. The molecule has 0 fully saturated rings. The van der Waals surface area contributed by atoms with E-state index < -0.39 is 5.24 Å². The molecule has 1 rings (SSSR count). The quantitative estimate of drug-likeness (QED) is 0.513. The van der Waals surface area contributed by atoms with Crippen molar-refractivity contribution in [3.8, 4) is 0 Å². The molecule has 0 unspecified atom stereocenters. The summed E-state index contributed by atoms with van der Waals surface area (Å²) < 4.78 is 3.80. The van der Waals surface area contributed by atoms with Gasteiger partial charge in [-0.1, -0.05) is 5.16 Å². The number of hydrogen-bond acceptors (Lipinski definition) is 7. The molecule has 0 spiro atoms. The second kappa shape index (κ2) is 6.62. The van der Waals surface area contributed by atoms with E-state index in [1.165, 1.54) is 0 Å². The number of aromatic nitrogens is 2. The van der Waals surface area contributed by atoms with Crippen LogP contribution in [0.4, 0.5) is 5.13 Å². The standard InChI is InChI=1S/C7H9ClN4O2S.ClH/c1-3(2)14-11-4(5(8)13)6-10-7(9)15-12-6;/h3H,1-2H3,(H2,9,10,12);1H. The number of anilines is 1. The molecule has 1 heterocycles. The predicted octanol–water partition coefficient (Wildman–Crippen LogP) is 1.44. The van der Waals surface area contributed by atoms with Crippen LogP contribution in [0.2, 0.25) is 0 Å². The second-order valence-corrected chi connectivity index (χ2v) is 3.95. The van der Waals surface area contributed by atoms with E-state index in [0.29, 0.717) is 0 Å². The lowest BCUT2D eigenvalue weighted by Gasteiger charge is -2.02. The predicted molar refractivity (Wildman–Crippen MR) is 65.2 cm³/mol. The number of oxime groups is 1. The zero-order chi connectivity index (χ0) is 11.4. The van der Waals surface area contributed by atoms with Crippen LogP contribution >= 0.6 is 35.5 Å². The van der Waals surface area contributed by atoms with Gasteiger partial charge in [0.2, 0.25) is 11.5 Å². The molecule has 0 saturated carbocycles. The zero-order valence-electron chi connectivity index (χ0n) is 8.51. The molecule has 0 bridgehead atoms. The highest BCUT2D eigenvalue weighted by molar-refractivity contribution is 7.09. The Labute approximate surface area is 107 Å². The number of hydrogen-bond donors (Lipinski definition) is 1. The molecule has 16 heavy (non-hydrogen) atoms. The fraction of sp³-hybridized carbons (Fsp3) is 0.429. The highest BCUT2D eigenvalue weighted by Crippen LogP contribution is 2.09. The van der Waals surface area contributed by atoms with Crippen molar-refractivity contribution in [1.29, 1.82) is 0 Å². The molecule has 1 aromatic heterocycles. The van der Waals surface area contributed by atoms with Gasteiger partial charge in [-0.25, -0.2) is 0 Å². The Morgan fingerprint density at radius 1 is 1.62 bits per heavy atom. The van der Waals surface area contributed by atoms with E-state index in [2.05, 4.69) is 14.5 Å². The van der Waals surface area contributed by atoms with Gasteiger partial charge in [-0.15, -0.1) is 12.4 Å². The van der Waals surface area contributed by atoms with Crippen molar-refractivity contribution < 1.29 is 9.63 Å². The lowest BCUT2D eigenvalue weighted by molar-refractivity contribution is -0.106. The summed E-state index contributed by atoms with van der Waals surface area (Å²) in [4.78, 5) is 19.7. The molecule has 0 aliphatic carbocycles. The second-order valence-electron chi connectivity index (χ2n) is 2.82. The van der Waals surface area contributed by atoms with E-state index in [-0.39, 0.29) is 35.2 Å². The van der Waals surface area contributed by atoms with Gasteiger partial charge in [-0.3, -0.25) is 4.79 Å². The van der Waals surface area contributed by atoms with Crippen molar-refractivity contribution in [1.82, 2.24) is 9.36 Å². The third-order valence-electron chi connectivity index (χ3n) is 1.19. The Hall–Kier alpha value is -0.920. The molecule has 90 valence electrons.